The summed E-state index contributed by atoms with van der Waals surface area (Å²) < 4.78 is 44.1. The predicted molar refractivity (Wildman–Crippen MR) is 239 cm³/mol. The third-order valence-corrected chi connectivity index (χ3v) is 11.0. The average molecular weight is 952 g/mol. The minimum atomic E-state index is -4.48. The number of amides is 10. The van der Waals surface area contributed by atoms with Gasteiger partial charge in [-0.05, 0) is 60.3 Å². The normalized spacial score (nSPS) is 14.3. The number of aryl methyl sites for hydroxylation is 1. The molecule has 66 heavy (non-hydrogen) atoms. The maximum Gasteiger partial charge on any atom is 0.410 e. The second-order valence-corrected chi connectivity index (χ2v) is 18.1. The lowest BCUT2D eigenvalue weighted by atomic mass is 9.99. The van der Waals surface area contributed by atoms with E-state index >= 15 is 0 Å². The zero-order valence-electron chi connectivity index (χ0n) is 38.6. The molecule has 0 fully saturated rings. The van der Waals surface area contributed by atoms with Crippen LogP contribution in [0, 0.1) is 17.8 Å². The summed E-state index contributed by atoms with van der Waals surface area (Å²) >= 11 is 0. The fourth-order valence-corrected chi connectivity index (χ4v) is 7.14. The molecule has 0 radical (unpaired) electrons. The monoisotopic (exact) mass is 951 g/mol. The van der Waals surface area contributed by atoms with Gasteiger partial charge in [0.15, 0.2) is 0 Å². The van der Waals surface area contributed by atoms with E-state index in [4.69, 9.17) is 15.2 Å². The molecule has 368 valence electrons. The first-order valence-electron chi connectivity index (χ1n) is 21.4. The van der Waals surface area contributed by atoms with Crippen molar-refractivity contribution < 1.29 is 65.6 Å². The van der Waals surface area contributed by atoms with Crippen LogP contribution in [-0.4, -0.2) is 147 Å². The summed E-state index contributed by atoms with van der Waals surface area (Å²) in [7, 11) is -1.69. The van der Waals surface area contributed by atoms with Crippen LogP contribution < -0.4 is 37.6 Å². The minimum absolute atomic E-state index is 0.00450. The van der Waals surface area contributed by atoms with Gasteiger partial charge in [0.2, 0.25) is 29.5 Å². The van der Waals surface area contributed by atoms with Crippen LogP contribution in [0.4, 0.5) is 15.3 Å². The fraction of sp³-hybridized carbons (Fsp3) is 0.595. The van der Waals surface area contributed by atoms with E-state index in [0.29, 0.717) is 5.56 Å². The van der Waals surface area contributed by atoms with Crippen LogP contribution >= 0.6 is 0 Å². The number of imide groups is 1. The Labute approximate surface area is 384 Å². The number of rotatable bonds is 27. The van der Waals surface area contributed by atoms with Crippen molar-refractivity contribution in [2.75, 3.05) is 51.5 Å². The SMILES string of the molecule is CNC(=O)C(NC(=O)C(C(C)C)N(C)C(=O)OCc1ccc(NC(=O)C(CCCNC(N)=O)NC(=O)C(NC(=O)CCOCCN2C(=O)C=CC2=O)C(C)C)cc1CCS(=O)(=O)O)C(C)C. The van der Waals surface area contributed by atoms with Gasteiger partial charge in [-0.3, -0.25) is 47.9 Å². The second kappa shape index (κ2) is 26.7. The van der Waals surface area contributed by atoms with E-state index in [1.165, 1.54) is 32.3 Å². The number of hydrogen-bond donors (Lipinski definition) is 8. The van der Waals surface area contributed by atoms with E-state index in [1.807, 2.05) is 0 Å². The van der Waals surface area contributed by atoms with Gasteiger partial charge in [0, 0.05) is 44.9 Å². The molecule has 0 aliphatic carbocycles. The number of nitrogens with zero attached hydrogens (tertiary/aromatic N) is 2. The molecular weight excluding hydrogens is 887 g/mol. The number of carbonyl (C=O) groups is 9. The Balaban J connectivity index is 2.24. The second-order valence-electron chi connectivity index (χ2n) is 16.5. The van der Waals surface area contributed by atoms with E-state index in [-0.39, 0.29) is 69.2 Å². The molecule has 0 saturated heterocycles. The van der Waals surface area contributed by atoms with E-state index in [2.05, 4.69) is 31.9 Å². The Hall–Kier alpha value is -6.14. The molecule has 4 atom stereocenters. The summed E-state index contributed by atoms with van der Waals surface area (Å²) in [5, 5.41) is 15.6. The summed E-state index contributed by atoms with van der Waals surface area (Å²) in [6.45, 7) is 9.81. The maximum atomic E-state index is 13.8. The number of ether oxygens (including phenoxy) is 2. The largest absolute Gasteiger partial charge is 0.445 e. The maximum absolute atomic E-state index is 13.8. The molecule has 1 aliphatic rings. The third kappa shape index (κ3) is 18.8. The van der Waals surface area contributed by atoms with Gasteiger partial charge in [0.05, 0.1) is 25.5 Å². The van der Waals surface area contributed by atoms with Crippen LogP contribution in [0.2, 0.25) is 0 Å². The molecule has 0 saturated carbocycles. The predicted octanol–water partition coefficient (Wildman–Crippen LogP) is -0.0590. The van der Waals surface area contributed by atoms with Gasteiger partial charge in [0.1, 0.15) is 30.8 Å². The van der Waals surface area contributed by atoms with Gasteiger partial charge in [-0.1, -0.05) is 47.6 Å². The van der Waals surface area contributed by atoms with Crippen molar-refractivity contribution in [2.24, 2.45) is 23.5 Å². The van der Waals surface area contributed by atoms with Crippen molar-refractivity contribution in [3.63, 3.8) is 0 Å². The topological polar surface area (TPSA) is 331 Å². The Morgan fingerprint density at radius 3 is 2.00 bits per heavy atom. The van der Waals surface area contributed by atoms with E-state index in [1.54, 1.807) is 41.5 Å². The molecule has 24 heteroatoms. The van der Waals surface area contributed by atoms with Crippen molar-refractivity contribution in [2.45, 2.75) is 98.0 Å². The van der Waals surface area contributed by atoms with Gasteiger partial charge >= 0.3 is 12.1 Å². The minimum Gasteiger partial charge on any atom is -0.445 e. The van der Waals surface area contributed by atoms with Crippen LogP contribution in [0.25, 0.3) is 0 Å². The first-order valence-corrected chi connectivity index (χ1v) is 23.0. The molecule has 0 aromatic heterocycles. The van der Waals surface area contributed by atoms with Crippen molar-refractivity contribution >= 4 is 69.3 Å². The summed E-state index contributed by atoms with van der Waals surface area (Å²) in [5.41, 5.74) is 5.84. The molecular formula is C42H65N9O14S. The zero-order valence-corrected chi connectivity index (χ0v) is 39.5. The molecule has 23 nitrogen and oxygen atoms in total. The number of likely N-dealkylation sites (N-methyl/N-ethyl adjacent to an activating group) is 2. The number of urea groups is 1. The van der Waals surface area contributed by atoms with Crippen molar-refractivity contribution in [3.8, 4) is 0 Å². The number of nitrogens with one attached hydrogen (secondary N) is 6. The van der Waals surface area contributed by atoms with Crippen LogP contribution in [0.3, 0.4) is 0 Å². The third-order valence-electron chi connectivity index (χ3n) is 10.3. The summed E-state index contributed by atoms with van der Waals surface area (Å²) in [4.78, 5) is 116. The fourth-order valence-electron chi connectivity index (χ4n) is 6.66. The molecule has 0 spiro atoms. The number of primary amides is 1. The summed E-state index contributed by atoms with van der Waals surface area (Å²) in [6, 6.07) is -0.799. The average Bonchev–Trinajstić information content (AvgIpc) is 3.55. The summed E-state index contributed by atoms with van der Waals surface area (Å²) in [5.74, 6) is -5.80. The van der Waals surface area contributed by atoms with Crippen molar-refractivity contribution in [1.82, 2.24) is 36.4 Å². The molecule has 2 rings (SSSR count). The molecule has 10 amide bonds. The molecule has 1 aromatic carbocycles. The molecule has 1 aliphatic heterocycles. The quantitative estimate of drug-likeness (QED) is 0.0326. The van der Waals surface area contributed by atoms with Crippen LogP contribution in [-0.2, 0) is 66.2 Å². The van der Waals surface area contributed by atoms with E-state index in [0.717, 1.165) is 22.0 Å². The van der Waals surface area contributed by atoms with Crippen LogP contribution in [0.5, 0.6) is 0 Å². The highest BCUT2D eigenvalue weighted by Crippen LogP contribution is 2.21. The van der Waals surface area contributed by atoms with Gasteiger partial charge in [-0.25, -0.2) is 9.59 Å². The number of benzene rings is 1. The first kappa shape index (κ1) is 56.0. The highest BCUT2D eigenvalue weighted by molar-refractivity contribution is 7.85. The first-order chi connectivity index (χ1) is 30.9. The molecule has 4 unspecified atom stereocenters. The molecule has 1 heterocycles. The Morgan fingerprint density at radius 1 is 0.818 bits per heavy atom. The number of carbonyl (C=O) groups excluding carboxylic acids is 9. The van der Waals surface area contributed by atoms with E-state index in [9.17, 15) is 56.1 Å². The number of hydrogen-bond acceptors (Lipinski definition) is 13. The zero-order chi connectivity index (χ0) is 49.9. The standard InChI is InChI=1S/C42H65N9O14S/c1-24(2)34(38(56)44-7)49-40(58)36(26(5)6)50(8)42(60)65-23-28-11-12-29(22-27(28)16-21-66(61,62)63)46-37(55)30(10-9-17-45-41(43)59)47-39(57)35(25(3)4)48-31(52)15-19-64-20-18-51-32(53)13-14-33(51)54/h11-14,22,24-26,30,34-36H,9-10,15-21,23H2,1-8H3,(H,44,56)(H,46,55)(H,47,57)(H,48,52)(H,49,58)(H3,43,45,59)(H,61,62,63). The van der Waals surface area contributed by atoms with Gasteiger partial charge in [-0.15, -0.1) is 0 Å². The van der Waals surface area contributed by atoms with Gasteiger partial charge in [0.25, 0.3) is 21.9 Å². The van der Waals surface area contributed by atoms with Crippen LogP contribution in [0.1, 0.15) is 71.9 Å². The van der Waals surface area contributed by atoms with Gasteiger partial charge in [-0.2, -0.15) is 8.42 Å². The lowest BCUT2D eigenvalue weighted by Gasteiger charge is -2.31. The molecule has 1 aromatic rings. The smallest absolute Gasteiger partial charge is 0.410 e. The lowest BCUT2D eigenvalue weighted by molar-refractivity contribution is -0.138. The Kier molecular flexibility index (Phi) is 22.7. The van der Waals surface area contributed by atoms with Crippen LogP contribution in [0.15, 0.2) is 30.4 Å². The molecule has 9 N–H and O–H groups in total. The highest BCUT2D eigenvalue weighted by atomic mass is 32.2. The number of anilines is 1. The highest BCUT2D eigenvalue weighted by Gasteiger charge is 2.35. The molecule has 0 bridgehead atoms. The summed E-state index contributed by atoms with van der Waals surface area (Å²) in [6.07, 6.45) is 1.07. The lowest BCUT2D eigenvalue weighted by Crippen LogP contribution is -2.56. The Morgan fingerprint density at radius 2 is 1.44 bits per heavy atom. The van der Waals surface area contributed by atoms with E-state index < -0.39 is 112 Å². The Bertz CT molecular complexity index is 2040. The van der Waals surface area contributed by atoms with Crippen molar-refractivity contribution in [3.05, 3.63) is 41.5 Å². The van der Waals surface area contributed by atoms with Gasteiger partial charge < -0.3 is 47.1 Å². The number of nitrogens with two attached hydrogens (primary N) is 1. The van der Waals surface area contributed by atoms with Crippen molar-refractivity contribution in [1.29, 1.82) is 0 Å².